The van der Waals surface area contributed by atoms with Crippen LogP contribution in [0.1, 0.15) is 29.9 Å². The average Bonchev–Trinajstić information content (AvgIpc) is 2.89. The van der Waals surface area contributed by atoms with E-state index in [-0.39, 0.29) is 0 Å². The number of piperidine rings is 1. The Labute approximate surface area is 148 Å². The number of aryl methyl sites for hydroxylation is 1. The van der Waals surface area contributed by atoms with Gasteiger partial charge in [-0.15, -0.1) is 0 Å². The summed E-state index contributed by atoms with van der Waals surface area (Å²) in [7, 11) is 2.22. The number of fused-ring (bicyclic) bond motifs is 3. The molecule has 4 rings (SSSR count). The number of rotatable bonds is 4. The van der Waals surface area contributed by atoms with Gasteiger partial charge in [0.05, 0.1) is 0 Å². The van der Waals surface area contributed by atoms with Gasteiger partial charge in [-0.2, -0.15) is 0 Å². The number of halogens is 1. The molecule has 3 heterocycles. The molecule has 4 nitrogen and oxygen atoms in total. The highest BCUT2D eigenvalue weighted by atomic mass is 35.5. The number of aromatic nitrogens is 2. The second-order valence-corrected chi connectivity index (χ2v) is 7.41. The molecule has 1 aromatic heterocycles. The van der Waals surface area contributed by atoms with E-state index in [1.807, 2.05) is 18.5 Å². The first kappa shape index (κ1) is 15.9. The van der Waals surface area contributed by atoms with Gasteiger partial charge in [0.2, 0.25) is 0 Å². The van der Waals surface area contributed by atoms with E-state index in [0.717, 1.165) is 31.0 Å². The first-order valence-electron chi connectivity index (χ1n) is 8.71. The van der Waals surface area contributed by atoms with Gasteiger partial charge in [-0.05, 0) is 62.2 Å². The molecular formula is C19H23ClN4. The van der Waals surface area contributed by atoms with E-state index in [9.17, 15) is 0 Å². The summed E-state index contributed by atoms with van der Waals surface area (Å²) in [5.41, 5.74) is 4.03. The van der Waals surface area contributed by atoms with Gasteiger partial charge >= 0.3 is 0 Å². The quantitative estimate of drug-likeness (QED) is 0.852. The fourth-order valence-electron chi connectivity index (χ4n) is 4.24. The summed E-state index contributed by atoms with van der Waals surface area (Å²) in [5.74, 6) is 0.581. The molecule has 0 radical (unpaired) electrons. The number of benzene rings is 1. The third-order valence-electron chi connectivity index (χ3n) is 5.36. The molecule has 0 saturated carbocycles. The van der Waals surface area contributed by atoms with Gasteiger partial charge in [-0.1, -0.05) is 11.6 Å². The predicted octanol–water partition coefficient (Wildman–Crippen LogP) is 3.37. The molecule has 2 unspecified atom stereocenters. The molecule has 126 valence electrons. The van der Waals surface area contributed by atoms with Crippen molar-refractivity contribution in [1.82, 2.24) is 14.9 Å². The third kappa shape index (κ3) is 3.01. The van der Waals surface area contributed by atoms with Crippen molar-refractivity contribution in [3.8, 4) is 0 Å². The second-order valence-electron chi connectivity index (χ2n) is 6.97. The van der Waals surface area contributed by atoms with Gasteiger partial charge in [0.25, 0.3) is 0 Å². The van der Waals surface area contributed by atoms with E-state index < -0.39 is 0 Å². The summed E-state index contributed by atoms with van der Waals surface area (Å²) in [6.07, 6.45) is 8.80. The lowest BCUT2D eigenvalue weighted by molar-refractivity contribution is 0.231. The molecule has 0 N–H and O–H groups in total. The normalized spacial score (nSPS) is 23.2. The molecule has 24 heavy (non-hydrogen) atoms. The van der Waals surface area contributed by atoms with Gasteiger partial charge in [0.1, 0.15) is 6.33 Å². The molecule has 0 amide bonds. The summed E-state index contributed by atoms with van der Waals surface area (Å²) < 4.78 is 0. The number of likely N-dealkylation sites (N-methyl/N-ethyl adjacent to an activating group) is 1. The van der Waals surface area contributed by atoms with Crippen LogP contribution in [0.3, 0.4) is 0 Å². The molecule has 0 aliphatic carbocycles. The fourth-order valence-corrected chi connectivity index (χ4v) is 4.42. The highest BCUT2D eigenvalue weighted by Gasteiger charge is 2.40. The van der Waals surface area contributed by atoms with Crippen LogP contribution in [-0.4, -0.2) is 47.6 Å². The molecule has 2 atom stereocenters. The van der Waals surface area contributed by atoms with Crippen molar-refractivity contribution in [3.63, 3.8) is 0 Å². The number of hydrogen-bond acceptors (Lipinski definition) is 4. The van der Waals surface area contributed by atoms with Crippen LogP contribution in [-0.2, 0) is 6.42 Å². The van der Waals surface area contributed by atoms with Crippen molar-refractivity contribution in [1.29, 1.82) is 0 Å². The van der Waals surface area contributed by atoms with Crippen molar-refractivity contribution in [2.45, 2.75) is 31.2 Å². The minimum absolute atomic E-state index is 0.581. The Morgan fingerprint density at radius 3 is 2.92 bits per heavy atom. The van der Waals surface area contributed by atoms with Gasteiger partial charge < -0.3 is 9.80 Å². The fraction of sp³-hybridized carbons (Fsp3) is 0.474. The Bertz CT molecular complexity index is 706. The lowest BCUT2D eigenvalue weighted by Crippen LogP contribution is -2.45. The Hall–Kier alpha value is -1.65. The highest BCUT2D eigenvalue weighted by Crippen LogP contribution is 2.45. The zero-order valence-corrected chi connectivity index (χ0v) is 14.8. The standard InChI is InChI=1S/C19H23ClN4/c1-23-8-6-19-17(12-23)16-9-15(20)4-5-18(16)24(19)7-2-3-14-10-21-13-22-11-14/h4-5,9-11,13,17,19H,2-3,6-8,12H2,1H3. The maximum absolute atomic E-state index is 6.28. The second kappa shape index (κ2) is 6.69. The van der Waals surface area contributed by atoms with Gasteiger partial charge in [-0.25, -0.2) is 9.97 Å². The Morgan fingerprint density at radius 1 is 1.25 bits per heavy atom. The molecule has 0 bridgehead atoms. The highest BCUT2D eigenvalue weighted by molar-refractivity contribution is 6.30. The molecular weight excluding hydrogens is 320 g/mol. The van der Waals surface area contributed by atoms with Gasteiger partial charge in [0, 0.05) is 48.2 Å². The number of likely N-dealkylation sites (tertiary alicyclic amines) is 1. The monoisotopic (exact) mass is 342 g/mol. The summed E-state index contributed by atoms with van der Waals surface area (Å²) in [6, 6.07) is 7.03. The SMILES string of the molecule is CN1CCC2C(C1)c1cc(Cl)ccc1N2CCCc1cncnc1. The van der Waals surface area contributed by atoms with Crippen molar-refractivity contribution >= 4 is 17.3 Å². The van der Waals surface area contributed by atoms with Crippen LogP contribution in [0, 0.1) is 0 Å². The van der Waals surface area contributed by atoms with Gasteiger partial charge in [-0.3, -0.25) is 0 Å². The van der Waals surface area contributed by atoms with Crippen LogP contribution in [0.2, 0.25) is 5.02 Å². The van der Waals surface area contributed by atoms with Crippen LogP contribution in [0.4, 0.5) is 5.69 Å². The number of anilines is 1. The van der Waals surface area contributed by atoms with Crippen LogP contribution in [0.25, 0.3) is 0 Å². The predicted molar refractivity (Wildman–Crippen MR) is 97.8 cm³/mol. The zero-order chi connectivity index (χ0) is 16.5. The van der Waals surface area contributed by atoms with Crippen LogP contribution < -0.4 is 4.90 Å². The molecule has 2 aliphatic heterocycles. The summed E-state index contributed by atoms with van der Waals surface area (Å²) in [6.45, 7) is 3.38. The zero-order valence-electron chi connectivity index (χ0n) is 14.0. The van der Waals surface area contributed by atoms with Crippen LogP contribution in [0.15, 0.2) is 36.9 Å². The first-order chi connectivity index (χ1) is 11.7. The lowest BCUT2D eigenvalue weighted by atomic mass is 9.89. The van der Waals surface area contributed by atoms with E-state index >= 15 is 0 Å². The van der Waals surface area contributed by atoms with E-state index in [1.165, 1.54) is 29.8 Å². The minimum Gasteiger partial charge on any atom is -0.368 e. The van der Waals surface area contributed by atoms with E-state index in [0.29, 0.717) is 12.0 Å². The number of hydrogen-bond donors (Lipinski definition) is 0. The molecule has 1 aromatic carbocycles. The maximum atomic E-state index is 6.28. The Kier molecular flexibility index (Phi) is 4.42. The van der Waals surface area contributed by atoms with Crippen LogP contribution in [0.5, 0.6) is 0 Å². The van der Waals surface area contributed by atoms with Crippen molar-refractivity contribution in [2.75, 3.05) is 31.6 Å². The van der Waals surface area contributed by atoms with E-state index in [1.54, 1.807) is 6.33 Å². The Balaban J connectivity index is 1.52. The molecule has 1 fully saturated rings. The Morgan fingerprint density at radius 2 is 2.08 bits per heavy atom. The van der Waals surface area contributed by atoms with E-state index in [2.05, 4.69) is 38.9 Å². The summed E-state index contributed by atoms with van der Waals surface area (Å²) in [5, 5.41) is 0.851. The third-order valence-corrected chi connectivity index (χ3v) is 5.59. The lowest BCUT2D eigenvalue weighted by Gasteiger charge is -2.37. The molecule has 1 saturated heterocycles. The maximum Gasteiger partial charge on any atom is 0.115 e. The van der Waals surface area contributed by atoms with Crippen molar-refractivity contribution in [3.05, 3.63) is 53.1 Å². The molecule has 2 aliphatic rings. The molecule has 5 heteroatoms. The molecule has 2 aromatic rings. The average molecular weight is 343 g/mol. The smallest absolute Gasteiger partial charge is 0.115 e. The summed E-state index contributed by atoms with van der Waals surface area (Å²) in [4.78, 5) is 13.3. The van der Waals surface area contributed by atoms with Crippen molar-refractivity contribution < 1.29 is 0 Å². The topological polar surface area (TPSA) is 32.3 Å². The van der Waals surface area contributed by atoms with Crippen LogP contribution >= 0.6 is 11.6 Å². The van der Waals surface area contributed by atoms with Crippen molar-refractivity contribution in [2.24, 2.45) is 0 Å². The minimum atomic E-state index is 0.581. The largest absolute Gasteiger partial charge is 0.368 e. The number of nitrogens with zero attached hydrogens (tertiary/aromatic N) is 4. The van der Waals surface area contributed by atoms with Gasteiger partial charge in [0.15, 0.2) is 0 Å². The van der Waals surface area contributed by atoms with E-state index in [4.69, 9.17) is 11.6 Å². The molecule has 0 spiro atoms. The first-order valence-corrected chi connectivity index (χ1v) is 9.08. The summed E-state index contributed by atoms with van der Waals surface area (Å²) >= 11 is 6.28.